The molecular formula is C20H22F2N2O2. The standard InChI is InChI=1S/C20H22F2N2O2/c1-14(16-6-7-17(21)18(22)12-16)24-13-15-5-8-19(25-2)20(11-15)26-10-4-3-9-23/h5-8,11-12,14,24H,3-4,10,13H2,1-2H3. The second-order valence-corrected chi connectivity index (χ2v) is 5.87. The summed E-state index contributed by atoms with van der Waals surface area (Å²) >= 11 is 0. The molecule has 0 bridgehead atoms. The minimum absolute atomic E-state index is 0.146. The summed E-state index contributed by atoms with van der Waals surface area (Å²) in [5, 5.41) is 11.8. The van der Waals surface area contributed by atoms with Gasteiger partial charge in [0.25, 0.3) is 0 Å². The highest BCUT2D eigenvalue weighted by molar-refractivity contribution is 5.43. The quantitative estimate of drug-likeness (QED) is 0.669. The van der Waals surface area contributed by atoms with Gasteiger partial charge in [0.05, 0.1) is 19.8 Å². The van der Waals surface area contributed by atoms with Crippen LogP contribution in [0.2, 0.25) is 0 Å². The molecular weight excluding hydrogens is 338 g/mol. The molecule has 1 unspecified atom stereocenters. The molecule has 0 radical (unpaired) electrons. The molecule has 0 aliphatic rings. The molecule has 2 aromatic rings. The van der Waals surface area contributed by atoms with E-state index in [0.29, 0.717) is 43.1 Å². The number of hydrogen-bond donors (Lipinski definition) is 1. The molecule has 0 amide bonds. The molecule has 4 nitrogen and oxygen atoms in total. The Bertz CT molecular complexity index is 775. The largest absolute Gasteiger partial charge is 0.493 e. The number of hydrogen-bond acceptors (Lipinski definition) is 4. The van der Waals surface area contributed by atoms with Crippen molar-refractivity contribution < 1.29 is 18.3 Å². The van der Waals surface area contributed by atoms with Crippen molar-refractivity contribution in [1.82, 2.24) is 5.32 Å². The van der Waals surface area contributed by atoms with Gasteiger partial charge in [0.2, 0.25) is 0 Å². The van der Waals surface area contributed by atoms with Crippen molar-refractivity contribution in [3.8, 4) is 17.6 Å². The molecule has 0 aliphatic carbocycles. The third kappa shape index (κ3) is 5.43. The molecule has 6 heteroatoms. The van der Waals surface area contributed by atoms with Gasteiger partial charge in [-0.15, -0.1) is 0 Å². The monoisotopic (exact) mass is 360 g/mol. The molecule has 0 heterocycles. The molecule has 138 valence electrons. The first-order chi connectivity index (χ1) is 12.5. The van der Waals surface area contributed by atoms with E-state index in [9.17, 15) is 8.78 Å². The molecule has 26 heavy (non-hydrogen) atoms. The van der Waals surface area contributed by atoms with Crippen LogP contribution in [0.4, 0.5) is 8.78 Å². The first-order valence-electron chi connectivity index (χ1n) is 8.40. The molecule has 0 spiro atoms. The van der Waals surface area contributed by atoms with Crippen molar-refractivity contribution in [2.75, 3.05) is 13.7 Å². The van der Waals surface area contributed by atoms with Crippen molar-refractivity contribution in [2.45, 2.75) is 32.4 Å². The van der Waals surface area contributed by atoms with Gasteiger partial charge in [0, 0.05) is 19.0 Å². The Morgan fingerprint density at radius 2 is 1.92 bits per heavy atom. The maximum atomic E-state index is 13.4. The topological polar surface area (TPSA) is 54.3 Å². The lowest BCUT2D eigenvalue weighted by atomic mass is 10.1. The Kier molecular flexibility index (Phi) is 7.37. The van der Waals surface area contributed by atoms with Crippen LogP contribution in [0.15, 0.2) is 36.4 Å². The Balaban J connectivity index is 1.99. The summed E-state index contributed by atoms with van der Waals surface area (Å²) in [4.78, 5) is 0. The maximum absolute atomic E-state index is 13.4. The Morgan fingerprint density at radius 3 is 2.62 bits per heavy atom. The van der Waals surface area contributed by atoms with Gasteiger partial charge in [-0.25, -0.2) is 8.78 Å². The summed E-state index contributed by atoms with van der Waals surface area (Å²) in [6.45, 7) is 2.85. The van der Waals surface area contributed by atoms with E-state index in [4.69, 9.17) is 14.7 Å². The number of unbranched alkanes of at least 4 members (excludes halogenated alkanes) is 1. The van der Waals surface area contributed by atoms with Crippen molar-refractivity contribution in [2.24, 2.45) is 0 Å². The number of nitrogens with one attached hydrogen (secondary N) is 1. The van der Waals surface area contributed by atoms with Gasteiger partial charge in [-0.3, -0.25) is 0 Å². The van der Waals surface area contributed by atoms with Gasteiger partial charge in [-0.1, -0.05) is 12.1 Å². The van der Waals surface area contributed by atoms with Crippen molar-refractivity contribution >= 4 is 0 Å². The van der Waals surface area contributed by atoms with Gasteiger partial charge < -0.3 is 14.8 Å². The number of ether oxygens (including phenoxy) is 2. The summed E-state index contributed by atoms with van der Waals surface area (Å²) in [6.07, 6.45) is 1.09. The van der Waals surface area contributed by atoms with Crippen LogP contribution in [-0.2, 0) is 6.54 Å². The predicted molar refractivity (Wildman–Crippen MR) is 94.9 cm³/mol. The van der Waals surface area contributed by atoms with Gasteiger partial charge in [-0.05, 0) is 48.7 Å². The lowest BCUT2D eigenvalue weighted by molar-refractivity contribution is 0.290. The van der Waals surface area contributed by atoms with E-state index in [0.717, 1.165) is 11.6 Å². The number of rotatable bonds is 9. The third-order valence-electron chi connectivity index (χ3n) is 3.97. The number of benzene rings is 2. The molecule has 0 saturated carbocycles. The van der Waals surface area contributed by atoms with E-state index in [2.05, 4.69) is 11.4 Å². The molecule has 0 fully saturated rings. The summed E-state index contributed by atoms with van der Waals surface area (Å²) in [5.41, 5.74) is 1.64. The van der Waals surface area contributed by atoms with Crippen LogP contribution in [0.5, 0.6) is 11.5 Å². The zero-order valence-electron chi connectivity index (χ0n) is 14.9. The number of nitriles is 1. The lowest BCUT2D eigenvalue weighted by Crippen LogP contribution is -2.18. The summed E-state index contributed by atoms with van der Waals surface area (Å²) in [5.74, 6) is -0.465. The zero-order chi connectivity index (χ0) is 18.9. The average Bonchev–Trinajstić information content (AvgIpc) is 2.65. The van der Waals surface area contributed by atoms with Crippen LogP contribution in [0.3, 0.4) is 0 Å². The Labute approximate surface area is 152 Å². The zero-order valence-corrected chi connectivity index (χ0v) is 14.9. The highest BCUT2D eigenvalue weighted by atomic mass is 19.2. The Morgan fingerprint density at radius 1 is 1.12 bits per heavy atom. The molecule has 0 saturated heterocycles. The Hall–Kier alpha value is -2.65. The molecule has 1 atom stereocenters. The second-order valence-electron chi connectivity index (χ2n) is 5.87. The van der Waals surface area contributed by atoms with Gasteiger partial charge in [0.15, 0.2) is 23.1 Å². The van der Waals surface area contributed by atoms with Crippen LogP contribution >= 0.6 is 0 Å². The summed E-state index contributed by atoms with van der Waals surface area (Å²) in [6, 6.07) is 11.4. The normalized spacial score (nSPS) is 11.7. The number of methoxy groups -OCH3 is 1. The van der Waals surface area contributed by atoms with Crippen LogP contribution in [0, 0.1) is 23.0 Å². The fourth-order valence-electron chi connectivity index (χ4n) is 2.45. The van der Waals surface area contributed by atoms with Crippen LogP contribution < -0.4 is 14.8 Å². The highest BCUT2D eigenvalue weighted by Gasteiger charge is 2.10. The van der Waals surface area contributed by atoms with Gasteiger partial charge >= 0.3 is 0 Å². The minimum Gasteiger partial charge on any atom is -0.493 e. The van der Waals surface area contributed by atoms with E-state index in [1.165, 1.54) is 6.07 Å². The first-order valence-corrected chi connectivity index (χ1v) is 8.40. The van der Waals surface area contributed by atoms with E-state index in [1.54, 1.807) is 13.2 Å². The number of nitrogens with zero attached hydrogens (tertiary/aromatic N) is 1. The summed E-state index contributed by atoms with van der Waals surface area (Å²) in [7, 11) is 1.57. The fraction of sp³-hybridized carbons (Fsp3) is 0.350. The molecule has 2 aromatic carbocycles. The lowest BCUT2D eigenvalue weighted by Gasteiger charge is -2.16. The maximum Gasteiger partial charge on any atom is 0.161 e. The van der Waals surface area contributed by atoms with E-state index in [-0.39, 0.29) is 6.04 Å². The van der Waals surface area contributed by atoms with Crippen LogP contribution in [-0.4, -0.2) is 13.7 Å². The van der Waals surface area contributed by atoms with E-state index >= 15 is 0 Å². The van der Waals surface area contributed by atoms with Gasteiger partial charge in [-0.2, -0.15) is 5.26 Å². The van der Waals surface area contributed by atoms with Crippen molar-refractivity contribution in [1.29, 1.82) is 5.26 Å². The highest BCUT2D eigenvalue weighted by Crippen LogP contribution is 2.28. The summed E-state index contributed by atoms with van der Waals surface area (Å²) < 4.78 is 37.4. The minimum atomic E-state index is -0.853. The predicted octanol–water partition coefficient (Wildman–Crippen LogP) is 4.51. The number of halogens is 2. The van der Waals surface area contributed by atoms with Crippen LogP contribution in [0.1, 0.15) is 36.9 Å². The van der Waals surface area contributed by atoms with Crippen molar-refractivity contribution in [3.05, 3.63) is 59.2 Å². The van der Waals surface area contributed by atoms with Crippen molar-refractivity contribution in [3.63, 3.8) is 0 Å². The average molecular weight is 360 g/mol. The van der Waals surface area contributed by atoms with Gasteiger partial charge in [0.1, 0.15) is 0 Å². The SMILES string of the molecule is COc1ccc(CNC(C)c2ccc(F)c(F)c2)cc1OCCCC#N. The second kappa shape index (κ2) is 9.73. The molecule has 0 aromatic heterocycles. The first kappa shape index (κ1) is 19.7. The smallest absolute Gasteiger partial charge is 0.161 e. The molecule has 0 aliphatic heterocycles. The van der Waals surface area contributed by atoms with E-state index < -0.39 is 11.6 Å². The molecule has 2 rings (SSSR count). The third-order valence-corrected chi connectivity index (χ3v) is 3.97. The fourth-order valence-corrected chi connectivity index (χ4v) is 2.45. The molecule has 1 N–H and O–H groups in total. The van der Waals surface area contributed by atoms with E-state index in [1.807, 2.05) is 25.1 Å². The van der Waals surface area contributed by atoms with Crippen LogP contribution in [0.25, 0.3) is 0 Å².